The number of nitrogens with two attached hydrogens (primary N) is 2. The zero-order valence-electron chi connectivity index (χ0n) is 24.4. The van der Waals surface area contributed by atoms with Gasteiger partial charge in [0.25, 0.3) is 28.9 Å². The summed E-state index contributed by atoms with van der Waals surface area (Å²) in [6.07, 6.45) is 1.66. The number of aliphatic carboxylic acids is 2. The van der Waals surface area contributed by atoms with Gasteiger partial charge in [-0.2, -0.15) is 4.98 Å². The quantitative estimate of drug-likeness (QED) is 0.0448. The van der Waals surface area contributed by atoms with E-state index >= 15 is 0 Å². The van der Waals surface area contributed by atoms with E-state index in [1.165, 1.54) is 35.8 Å². The minimum absolute atomic E-state index is 0.0226. The molecule has 3 aromatic heterocycles. The normalized spacial score (nSPS) is 19.6. The molecule has 0 saturated carbocycles. The number of nitrogens with zero attached hydrogens (tertiary/aromatic N) is 7. The summed E-state index contributed by atoms with van der Waals surface area (Å²) in [5.41, 5.74) is 11.5. The number of anilines is 2. The molecule has 0 aliphatic carbocycles. The maximum absolute atomic E-state index is 13.4. The van der Waals surface area contributed by atoms with Gasteiger partial charge in [-0.25, -0.2) is 19.1 Å². The summed E-state index contributed by atoms with van der Waals surface area (Å²) in [5, 5.41) is 31.7. The van der Waals surface area contributed by atoms with Crippen molar-refractivity contribution < 1.29 is 38.8 Å². The van der Waals surface area contributed by atoms with Gasteiger partial charge in [-0.3, -0.25) is 14.5 Å². The summed E-state index contributed by atoms with van der Waals surface area (Å²) in [6.45, 7) is 4.71. The molecule has 0 aromatic carbocycles. The third-order valence-corrected chi connectivity index (χ3v) is 10.4. The Labute approximate surface area is 267 Å². The highest BCUT2D eigenvalue weighted by atomic mass is 32.2. The van der Waals surface area contributed by atoms with E-state index in [9.17, 15) is 29.4 Å². The lowest BCUT2D eigenvalue weighted by Gasteiger charge is -2.49. The Morgan fingerprint density at radius 2 is 2.04 bits per heavy atom. The van der Waals surface area contributed by atoms with Crippen LogP contribution in [-0.4, -0.2) is 92.7 Å². The number of thioether (sulfide) groups is 2. The maximum Gasteiger partial charge on any atom is 0.352 e. The van der Waals surface area contributed by atoms with Crippen LogP contribution in [0.3, 0.4) is 0 Å². The van der Waals surface area contributed by atoms with Crippen LogP contribution in [0, 0.1) is 6.92 Å². The molecule has 7 N–H and O–H groups in total. The number of carboxylic acids is 2. The smallest absolute Gasteiger partial charge is 0.352 e. The SMILES string of the molecule is CCC(C)(O/N=C(\C(=O)NC1C(=O)N2C(C(=O)O)=C(CSc3nc(N)c(C)c4n3nc[n+]4C)CS[C@@H]12)c1csc(N)n1)C(=O)O. The molecule has 20 heteroatoms. The van der Waals surface area contributed by atoms with Gasteiger partial charge in [-0.05, 0) is 30.4 Å². The van der Waals surface area contributed by atoms with Crippen molar-refractivity contribution in [1.82, 2.24) is 29.8 Å². The number of aryl methyl sites for hydroxylation is 2. The third kappa shape index (κ3) is 5.75. The second-order valence-corrected chi connectivity index (χ2v) is 13.2. The number of oxime groups is 1. The van der Waals surface area contributed by atoms with Crippen LogP contribution >= 0.6 is 34.9 Å². The Morgan fingerprint density at radius 3 is 2.67 bits per heavy atom. The Hall–Kier alpha value is -4.43. The molecular weight excluding hydrogens is 649 g/mol. The minimum atomic E-state index is -1.73. The van der Waals surface area contributed by atoms with Gasteiger partial charge >= 0.3 is 11.9 Å². The predicted molar refractivity (Wildman–Crippen MR) is 164 cm³/mol. The lowest BCUT2D eigenvalue weighted by molar-refractivity contribution is -0.646. The fourth-order valence-electron chi connectivity index (χ4n) is 4.55. The first kappa shape index (κ1) is 32.0. The zero-order valence-corrected chi connectivity index (χ0v) is 26.8. The molecule has 2 unspecified atom stereocenters. The number of nitrogen functional groups attached to an aromatic ring is 2. The number of fused-ring (bicyclic) bond motifs is 2. The summed E-state index contributed by atoms with van der Waals surface area (Å²) in [5.74, 6) is -3.32. The Balaban J connectivity index is 1.36. The first-order chi connectivity index (χ1) is 21.3. The van der Waals surface area contributed by atoms with Crippen molar-refractivity contribution in [3.63, 3.8) is 0 Å². The number of hydrogen-bond donors (Lipinski definition) is 5. The van der Waals surface area contributed by atoms with Crippen molar-refractivity contribution in [1.29, 1.82) is 0 Å². The second kappa shape index (κ2) is 12.2. The molecule has 1 fully saturated rings. The van der Waals surface area contributed by atoms with Gasteiger partial charge in [0, 0.05) is 22.0 Å². The molecule has 1 saturated heterocycles. The number of carbonyl (C=O) groups excluding carboxylic acids is 2. The van der Waals surface area contributed by atoms with Gasteiger partial charge in [0.05, 0.1) is 12.6 Å². The van der Waals surface area contributed by atoms with Crippen LogP contribution in [0.1, 0.15) is 31.5 Å². The summed E-state index contributed by atoms with van der Waals surface area (Å²) >= 11 is 3.54. The van der Waals surface area contributed by atoms with E-state index in [4.69, 9.17) is 16.3 Å². The Bertz CT molecular complexity index is 1800. The van der Waals surface area contributed by atoms with Crippen molar-refractivity contribution in [2.45, 2.75) is 49.4 Å². The van der Waals surface area contributed by atoms with Gasteiger partial charge in [0.2, 0.25) is 5.60 Å². The molecule has 3 atom stereocenters. The van der Waals surface area contributed by atoms with Crippen molar-refractivity contribution in [2.24, 2.45) is 12.2 Å². The number of carbonyl (C=O) groups is 4. The lowest BCUT2D eigenvalue weighted by atomic mass is 10.0. The Morgan fingerprint density at radius 1 is 1.31 bits per heavy atom. The summed E-state index contributed by atoms with van der Waals surface area (Å²) in [6, 6.07) is -1.09. The van der Waals surface area contributed by atoms with Gasteiger partial charge in [0.15, 0.2) is 10.8 Å². The molecule has 2 aliphatic heterocycles. The fraction of sp³-hybridized carbons (Fsp3) is 0.400. The van der Waals surface area contributed by atoms with E-state index in [1.807, 2.05) is 14.0 Å². The molecule has 0 spiro atoms. The molecule has 238 valence electrons. The second-order valence-electron chi connectivity index (χ2n) is 10.3. The first-order valence-corrected chi connectivity index (χ1v) is 16.2. The van der Waals surface area contributed by atoms with Gasteiger partial charge < -0.3 is 31.8 Å². The van der Waals surface area contributed by atoms with Crippen molar-refractivity contribution >= 4 is 80.9 Å². The fourth-order valence-corrected chi connectivity index (χ4v) is 7.54. The average Bonchev–Trinajstić information content (AvgIpc) is 3.61. The number of β-lactam (4-membered cyclic amide) rings is 1. The van der Waals surface area contributed by atoms with Crippen LogP contribution in [0.15, 0.2) is 33.3 Å². The van der Waals surface area contributed by atoms with Crippen molar-refractivity contribution in [3.05, 3.63) is 34.2 Å². The molecule has 0 bridgehead atoms. The highest BCUT2D eigenvalue weighted by Gasteiger charge is 2.54. The van der Waals surface area contributed by atoms with E-state index in [0.717, 1.165) is 27.4 Å². The molecule has 2 aliphatic rings. The number of carboxylic acid groups (broad SMARTS) is 2. The summed E-state index contributed by atoms with van der Waals surface area (Å²) < 4.78 is 3.42. The molecule has 3 aromatic rings. The van der Waals surface area contributed by atoms with Crippen LogP contribution in [0.5, 0.6) is 0 Å². The predicted octanol–water partition coefficient (Wildman–Crippen LogP) is -0.0120. The number of aromatic nitrogens is 5. The van der Waals surface area contributed by atoms with Crippen LogP contribution < -0.4 is 21.4 Å². The van der Waals surface area contributed by atoms with Gasteiger partial charge in [-0.1, -0.05) is 23.8 Å². The molecule has 5 rings (SSSR count). The number of nitrogens with one attached hydrogen (secondary N) is 1. The van der Waals surface area contributed by atoms with Crippen LogP contribution in [0.25, 0.3) is 5.65 Å². The molecular formula is C25H29N10O7S3+. The van der Waals surface area contributed by atoms with E-state index in [-0.39, 0.29) is 40.2 Å². The molecule has 0 radical (unpaired) electrons. The van der Waals surface area contributed by atoms with E-state index < -0.39 is 40.8 Å². The standard InChI is InChI=1S/C25H28N10O7S3/c1-5-25(3,22(40)41)42-32-13(12-8-44-23(27)29-12)17(36)30-14-19(37)34-15(21(38)39)11(6-43-20(14)34)7-45-24-31-16(26)10(2)18-33(4)9-28-35(18)24/h8-9,14,20,26H,5-7H2,1-4H3,(H5,27,29,30,36,38,39,40,41)/p+1/b32-13-/t14?,20-,25?/m0/s1. The van der Waals surface area contributed by atoms with Crippen LogP contribution in [0.4, 0.5) is 10.9 Å². The van der Waals surface area contributed by atoms with Crippen LogP contribution in [-0.2, 0) is 31.1 Å². The highest BCUT2D eigenvalue weighted by Crippen LogP contribution is 2.41. The molecule has 5 heterocycles. The first-order valence-electron chi connectivity index (χ1n) is 13.3. The van der Waals surface area contributed by atoms with E-state index in [2.05, 4.69) is 25.5 Å². The average molecular weight is 678 g/mol. The zero-order chi connectivity index (χ0) is 32.8. The third-order valence-electron chi connectivity index (χ3n) is 7.35. The van der Waals surface area contributed by atoms with Crippen molar-refractivity contribution in [3.8, 4) is 0 Å². The number of hydrogen-bond acceptors (Lipinski definition) is 14. The highest BCUT2D eigenvalue weighted by molar-refractivity contribution is 8.01. The monoisotopic (exact) mass is 677 g/mol. The number of rotatable bonds is 11. The largest absolute Gasteiger partial charge is 0.478 e. The maximum atomic E-state index is 13.4. The minimum Gasteiger partial charge on any atom is -0.478 e. The van der Waals surface area contributed by atoms with Gasteiger partial charge in [0.1, 0.15) is 28.6 Å². The molecule has 45 heavy (non-hydrogen) atoms. The lowest BCUT2D eigenvalue weighted by Crippen LogP contribution is -2.71. The topological polar surface area (TPSA) is 245 Å². The summed E-state index contributed by atoms with van der Waals surface area (Å²) in [7, 11) is 1.82. The van der Waals surface area contributed by atoms with E-state index in [0.29, 0.717) is 16.5 Å². The van der Waals surface area contributed by atoms with E-state index in [1.54, 1.807) is 22.3 Å². The summed E-state index contributed by atoms with van der Waals surface area (Å²) in [4.78, 5) is 65.6. The van der Waals surface area contributed by atoms with Crippen molar-refractivity contribution in [2.75, 3.05) is 23.0 Å². The molecule has 17 nitrogen and oxygen atoms in total. The number of amides is 2. The van der Waals surface area contributed by atoms with Gasteiger partial charge in [-0.15, -0.1) is 23.1 Å². The van der Waals surface area contributed by atoms with Crippen LogP contribution in [0.2, 0.25) is 0 Å². The number of thiazole rings is 1. The molecule has 2 amide bonds. The Kier molecular flexibility index (Phi) is 8.64.